The molecule has 0 aliphatic carbocycles. The molecule has 0 bridgehead atoms. The lowest BCUT2D eigenvalue weighted by molar-refractivity contribution is 0.174. The van der Waals surface area contributed by atoms with Gasteiger partial charge in [0.25, 0.3) is 0 Å². The summed E-state index contributed by atoms with van der Waals surface area (Å²) in [5, 5.41) is 3.27. The van der Waals surface area contributed by atoms with E-state index in [2.05, 4.69) is 44.5 Å². The van der Waals surface area contributed by atoms with Crippen LogP contribution in [-0.4, -0.2) is 37.6 Å². The fourth-order valence-electron chi connectivity index (χ4n) is 1.81. The molecule has 0 radical (unpaired) electrons. The van der Waals surface area contributed by atoms with Gasteiger partial charge in [-0.3, -0.25) is 4.90 Å². The molecule has 0 amide bonds. The van der Waals surface area contributed by atoms with Crippen LogP contribution in [0.25, 0.3) is 0 Å². The van der Waals surface area contributed by atoms with Gasteiger partial charge < -0.3 is 5.32 Å². The van der Waals surface area contributed by atoms with Crippen LogP contribution in [0, 0.1) is 5.92 Å². The van der Waals surface area contributed by atoms with Crippen molar-refractivity contribution in [2.45, 2.75) is 33.7 Å². The molecule has 0 aromatic carbocycles. The molecular formula is C12H26N2. The topological polar surface area (TPSA) is 15.3 Å². The molecule has 0 rings (SSSR count). The van der Waals surface area contributed by atoms with Gasteiger partial charge in [-0.1, -0.05) is 32.9 Å². The molecular weight excluding hydrogens is 172 g/mol. The van der Waals surface area contributed by atoms with E-state index in [9.17, 15) is 0 Å². The summed E-state index contributed by atoms with van der Waals surface area (Å²) < 4.78 is 0. The lowest BCUT2D eigenvalue weighted by Gasteiger charge is -2.33. The Kier molecular flexibility index (Phi) is 6.85. The highest BCUT2D eigenvalue weighted by molar-refractivity contribution is 4.94. The largest absolute Gasteiger partial charge is 0.318 e. The van der Waals surface area contributed by atoms with Gasteiger partial charge in [-0.05, 0) is 26.4 Å². The van der Waals surface area contributed by atoms with Crippen molar-refractivity contribution in [2.24, 2.45) is 5.92 Å². The van der Waals surface area contributed by atoms with Crippen molar-refractivity contribution in [3.8, 4) is 0 Å². The van der Waals surface area contributed by atoms with E-state index in [-0.39, 0.29) is 0 Å². The van der Waals surface area contributed by atoms with E-state index in [4.69, 9.17) is 0 Å². The summed E-state index contributed by atoms with van der Waals surface area (Å²) in [6.07, 6.45) is 0. The van der Waals surface area contributed by atoms with Gasteiger partial charge in [-0.15, -0.1) is 0 Å². The van der Waals surface area contributed by atoms with Crippen LogP contribution in [0.15, 0.2) is 12.2 Å². The summed E-state index contributed by atoms with van der Waals surface area (Å²) in [5.41, 5.74) is 1.24. The van der Waals surface area contributed by atoms with Gasteiger partial charge in [0, 0.05) is 19.1 Å². The Hall–Kier alpha value is -0.340. The molecule has 0 saturated heterocycles. The van der Waals surface area contributed by atoms with Crippen molar-refractivity contribution in [2.75, 3.05) is 26.7 Å². The fraction of sp³-hybridized carbons (Fsp3) is 0.833. The zero-order valence-corrected chi connectivity index (χ0v) is 10.4. The van der Waals surface area contributed by atoms with Crippen molar-refractivity contribution in [1.82, 2.24) is 10.2 Å². The highest BCUT2D eigenvalue weighted by Crippen LogP contribution is 2.11. The van der Waals surface area contributed by atoms with Gasteiger partial charge >= 0.3 is 0 Å². The monoisotopic (exact) mass is 198 g/mol. The van der Waals surface area contributed by atoms with Crippen LogP contribution >= 0.6 is 0 Å². The van der Waals surface area contributed by atoms with Crippen LogP contribution < -0.4 is 5.32 Å². The molecule has 1 atom stereocenters. The number of hydrogen-bond acceptors (Lipinski definition) is 2. The number of nitrogens with zero attached hydrogens (tertiary/aromatic N) is 1. The van der Waals surface area contributed by atoms with Crippen molar-refractivity contribution in [3.05, 3.63) is 12.2 Å². The van der Waals surface area contributed by atoms with E-state index in [0.717, 1.165) is 19.6 Å². The van der Waals surface area contributed by atoms with Crippen molar-refractivity contribution in [1.29, 1.82) is 0 Å². The molecule has 1 N–H and O–H groups in total. The first-order valence-electron chi connectivity index (χ1n) is 5.55. The minimum Gasteiger partial charge on any atom is -0.318 e. The van der Waals surface area contributed by atoms with Gasteiger partial charge in [0.2, 0.25) is 0 Å². The number of hydrogen-bond donors (Lipinski definition) is 1. The van der Waals surface area contributed by atoms with Crippen molar-refractivity contribution >= 4 is 0 Å². The molecule has 0 aromatic heterocycles. The maximum Gasteiger partial charge on any atom is 0.0246 e. The van der Waals surface area contributed by atoms with Crippen LogP contribution in [-0.2, 0) is 0 Å². The molecule has 2 nitrogen and oxygen atoms in total. The van der Waals surface area contributed by atoms with Crippen LogP contribution in [0.5, 0.6) is 0 Å². The van der Waals surface area contributed by atoms with E-state index < -0.39 is 0 Å². The Balaban J connectivity index is 4.32. The lowest BCUT2D eigenvalue weighted by atomic mass is 10.0. The fourth-order valence-corrected chi connectivity index (χ4v) is 1.81. The third-order valence-electron chi connectivity index (χ3n) is 2.53. The third-order valence-corrected chi connectivity index (χ3v) is 2.53. The third kappa shape index (κ3) is 4.77. The summed E-state index contributed by atoms with van der Waals surface area (Å²) in [6, 6.07) is 0.613. The van der Waals surface area contributed by atoms with Gasteiger partial charge in [0.1, 0.15) is 0 Å². The van der Waals surface area contributed by atoms with Crippen LogP contribution in [0.3, 0.4) is 0 Å². The second-order valence-corrected chi connectivity index (χ2v) is 4.39. The first-order valence-corrected chi connectivity index (χ1v) is 5.55. The average Bonchev–Trinajstić information content (AvgIpc) is 2.10. The molecule has 0 spiro atoms. The standard InChI is InChI=1S/C12H26N2/c1-7-14(9-10(2)3)12(8-13-6)11(4)5/h11-13H,2,7-9H2,1,3-6H3. The normalized spacial score (nSPS) is 13.6. The molecule has 0 aliphatic rings. The zero-order valence-electron chi connectivity index (χ0n) is 10.4. The molecule has 2 heteroatoms. The van der Waals surface area contributed by atoms with E-state index in [0.29, 0.717) is 12.0 Å². The highest BCUT2D eigenvalue weighted by Gasteiger charge is 2.19. The molecule has 14 heavy (non-hydrogen) atoms. The second kappa shape index (κ2) is 7.02. The quantitative estimate of drug-likeness (QED) is 0.630. The van der Waals surface area contributed by atoms with Crippen molar-refractivity contribution < 1.29 is 0 Å². The Bertz CT molecular complexity index is 164. The predicted molar refractivity (Wildman–Crippen MR) is 64.6 cm³/mol. The number of likely N-dealkylation sites (N-methyl/N-ethyl adjacent to an activating group) is 2. The first-order chi connectivity index (χ1) is 6.52. The summed E-state index contributed by atoms with van der Waals surface area (Å²) >= 11 is 0. The smallest absolute Gasteiger partial charge is 0.0246 e. The summed E-state index contributed by atoms with van der Waals surface area (Å²) in [5.74, 6) is 0.682. The minimum absolute atomic E-state index is 0.613. The summed E-state index contributed by atoms with van der Waals surface area (Å²) in [7, 11) is 2.02. The number of nitrogens with one attached hydrogen (secondary N) is 1. The highest BCUT2D eigenvalue weighted by atomic mass is 15.2. The Morgan fingerprint density at radius 3 is 2.29 bits per heavy atom. The van der Waals surface area contributed by atoms with E-state index in [1.165, 1.54) is 5.57 Å². The summed E-state index contributed by atoms with van der Waals surface area (Å²) in [4.78, 5) is 2.49. The van der Waals surface area contributed by atoms with E-state index >= 15 is 0 Å². The van der Waals surface area contributed by atoms with E-state index in [1.54, 1.807) is 0 Å². The van der Waals surface area contributed by atoms with Crippen molar-refractivity contribution in [3.63, 3.8) is 0 Å². The first kappa shape index (κ1) is 13.7. The summed E-state index contributed by atoms with van der Waals surface area (Å²) in [6.45, 7) is 16.0. The Morgan fingerprint density at radius 2 is 2.00 bits per heavy atom. The minimum atomic E-state index is 0.613. The zero-order chi connectivity index (χ0) is 11.1. The number of rotatable bonds is 7. The van der Waals surface area contributed by atoms with E-state index in [1.807, 2.05) is 7.05 Å². The second-order valence-electron chi connectivity index (χ2n) is 4.39. The molecule has 0 aliphatic heterocycles. The molecule has 1 unspecified atom stereocenters. The predicted octanol–water partition coefficient (Wildman–Crippen LogP) is 2.13. The van der Waals surface area contributed by atoms with Gasteiger partial charge in [0.15, 0.2) is 0 Å². The van der Waals surface area contributed by atoms with Gasteiger partial charge in [-0.2, -0.15) is 0 Å². The lowest BCUT2D eigenvalue weighted by Crippen LogP contribution is -2.45. The maximum atomic E-state index is 3.98. The SMILES string of the molecule is C=C(C)CN(CC)C(CNC)C(C)C. The van der Waals surface area contributed by atoms with Crippen LogP contribution in [0.1, 0.15) is 27.7 Å². The Morgan fingerprint density at radius 1 is 1.43 bits per heavy atom. The molecule has 0 saturated carbocycles. The average molecular weight is 198 g/mol. The molecule has 0 heterocycles. The Labute approximate surface area is 89.4 Å². The molecule has 0 fully saturated rings. The maximum absolute atomic E-state index is 3.98. The van der Waals surface area contributed by atoms with Gasteiger partial charge in [0.05, 0.1) is 0 Å². The van der Waals surface area contributed by atoms with Crippen LogP contribution in [0.2, 0.25) is 0 Å². The van der Waals surface area contributed by atoms with Crippen LogP contribution in [0.4, 0.5) is 0 Å². The molecule has 84 valence electrons. The molecule has 0 aromatic rings. The van der Waals surface area contributed by atoms with Gasteiger partial charge in [-0.25, -0.2) is 0 Å².